The van der Waals surface area contributed by atoms with Crippen molar-refractivity contribution in [3.05, 3.63) is 65.7 Å². The van der Waals surface area contributed by atoms with Crippen LogP contribution >= 0.6 is 0 Å². The number of imidazole rings is 1. The number of halogens is 1. The molecule has 25 heavy (non-hydrogen) atoms. The number of ketones is 1. The van der Waals surface area contributed by atoms with E-state index in [1.807, 2.05) is 35.8 Å². The molecule has 0 radical (unpaired) electrons. The molecule has 1 N–H and O–H groups in total. The maximum atomic E-state index is 13.0. The van der Waals surface area contributed by atoms with Gasteiger partial charge in [-0.2, -0.15) is 0 Å². The molecule has 3 rings (SSSR count). The lowest BCUT2D eigenvalue weighted by Crippen LogP contribution is -2.26. The molecule has 1 unspecified atom stereocenters. The molecule has 128 valence electrons. The average Bonchev–Trinajstić information content (AvgIpc) is 2.97. The molecule has 0 bridgehead atoms. The average molecular weight is 339 g/mol. The second-order valence-corrected chi connectivity index (χ2v) is 5.86. The van der Waals surface area contributed by atoms with Crippen LogP contribution in [-0.2, 0) is 11.3 Å². The molecule has 0 aliphatic carbocycles. The maximum Gasteiger partial charge on any atom is 0.251 e. The SMILES string of the molecule is CC(=O)C(C)n1c(CNC(=O)c2ccc(F)cc2)nc2ccccc21. The highest BCUT2D eigenvalue weighted by Gasteiger charge is 2.19. The van der Waals surface area contributed by atoms with Crippen LogP contribution in [0.4, 0.5) is 4.39 Å². The molecule has 1 aromatic heterocycles. The Morgan fingerprint density at radius 1 is 1.16 bits per heavy atom. The van der Waals surface area contributed by atoms with E-state index in [2.05, 4.69) is 10.3 Å². The zero-order valence-corrected chi connectivity index (χ0v) is 14.0. The molecule has 6 heteroatoms. The smallest absolute Gasteiger partial charge is 0.251 e. The summed E-state index contributed by atoms with van der Waals surface area (Å²) in [6, 6.07) is 12.5. The number of carbonyl (C=O) groups excluding carboxylic acids is 2. The first-order valence-corrected chi connectivity index (χ1v) is 7.97. The number of aromatic nitrogens is 2. The number of rotatable bonds is 5. The molecule has 0 saturated heterocycles. The molecule has 0 fully saturated rings. The van der Waals surface area contributed by atoms with Gasteiger partial charge in [-0.15, -0.1) is 0 Å². The lowest BCUT2D eigenvalue weighted by atomic mass is 10.2. The molecule has 0 saturated carbocycles. The first kappa shape index (κ1) is 16.8. The third-order valence-electron chi connectivity index (χ3n) is 4.16. The number of benzene rings is 2. The van der Waals surface area contributed by atoms with Gasteiger partial charge in [0.15, 0.2) is 5.78 Å². The van der Waals surface area contributed by atoms with Crippen LogP contribution in [0.2, 0.25) is 0 Å². The fourth-order valence-electron chi connectivity index (χ4n) is 2.70. The lowest BCUT2D eigenvalue weighted by Gasteiger charge is -2.15. The minimum absolute atomic E-state index is 0.00858. The van der Waals surface area contributed by atoms with Gasteiger partial charge < -0.3 is 9.88 Å². The number of amides is 1. The van der Waals surface area contributed by atoms with Crippen LogP contribution in [0.1, 0.15) is 36.1 Å². The summed E-state index contributed by atoms with van der Waals surface area (Å²) in [5.41, 5.74) is 1.97. The third kappa shape index (κ3) is 3.42. The van der Waals surface area contributed by atoms with Crippen molar-refractivity contribution in [3.8, 4) is 0 Å². The molecule has 0 aliphatic heterocycles. The largest absolute Gasteiger partial charge is 0.345 e. The Hall–Kier alpha value is -3.02. The highest BCUT2D eigenvalue weighted by Crippen LogP contribution is 2.21. The summed E-state index contributed by atoms with van der Waals surface area (Å²) >= 11 is 0. The van der Waals surface area contributed by atoms with Gasteiger partial charge >= 0.3 is 0 Å². The predicted octanol–water partition coefficient (Wildman–Crippen LogP) is 3.26. The number of fused-ring (bicyclic) bond motifs is 1. The highest BCUT2D eigenvalue weighted by atomic mass is 19.1. The van der Waals surface area contributed by atoms with Crippen LogP contribution in [0.5, 0.6) is 0 Å². The molecule has 1 heterocycles. The van der Waals surface area contributed by atoms with Gasteiger partial charge in [-0.05, 0) is 50.2 Å². The Kier molecular flexibility index (Phi) is 4.61. The summed E-state index contributed by atoms with van der Waals surface area (Å²) in [5, 5.41) is 2.77. The van der Waals surface area contributed by atoms with Crippen LogP contribution in [0.3, 0.4) is 0 Å². The Morgan fingerprint density at radius 3 is 2.52 bits per heavy atom. The number of Topliss-reactive ketones (excluding diaryl/α,β-unsaturated/α-hetero) is 1. The van der Waals surface area contributed by atoms with E-state index in [1.165, 1.54) is 31.2 Å². The molecule has 3 aromatic rings. The summed E-state index contributed by atoms with van der Waals surface area (Å²) in [4.78, 5) is 28.6. The van der Waals surface area contributed by atoms with Gasteiger partial charge in [0.2, 0.25) is 0 Å². The summed E-state index contributed by atoms with van der Waals surface area (Å²) < 4.78 is 14.8. The molecule has 0 spiro atoms. The lowest BCUT2D eigenvalue weighted by molar-refractivity contribution is -0.119. The minimum Gasteiger partial charge on any atom is -0.345 e. The van der Waals surface area contributed by atoms with E-state index in [-0.39, 0.29) is 24.3 Å². The zero-order valence-electron chi connectivity index (χ0n) is 14.0. The highest BCUT2D eigenvalue weighted by molar-refractivity contribution is 5.94. The minimum atomic E-state index is -0.395. The number of hydrogen-bond acceptors (Lipinski definition) is 3. The number of nitrogens with zero attached hydrogens (tertiary/aromatic N) is 2. The van der Waals surface area contributed by atoms with Crippen LogP contribution in [0, 0.1) is 5.82 Å². The summed E-state index contributed by atoms with van der Waals surface area (Å²) in [6.07, 6.45) is 0. The van der Waals surface area contributed by atoms with Crippen LogP contribution in [0.25, 0.3) is 11.0 Å². The van der Waals surface area contributed by atoms with Gasteiger partial charge in [-0.3, -0.25) is 9.59 Å². The van der Waals surface area contributed by atoms with Gasteiger partial charge in [0.1, 0.15) is 11.6 Å². The van der Waals surface area contributed by atoms with Crippen molar-refractivity contribution in [2.45, 2.75) is 26.4 Å². The van der Waals surface area contributed by atoms with Crippen molar-refractivity contribution in [2.24, 2.45) is 0 Å². The molecule has 0 aliphatic rings. The molecular weight excluding hydrogens is 321 g/mol. The topological polar surface area (TPSA) is 64.0 Å². The van der Waals surface area contributed by atoms with E-state index >= 15 is 0 Å². The number of para-hydroxylation sites is 2. The Bertz CT molecular complexity index is 931. The molecular formula is C19H18FN3O2. The quantitative estimate of drug-likeness (QED) is 0.776. The normalized spacial score (nSPS) is 12.1. The Labute approximate surface area is 144 Å². The van der Waals surface area contributed by atoms with E-state index in [0.29, 0.717) is 11.4 Å². The van der Waals surface area contributed by atoms with Crippen LogP contribution in [-0.4, -0.2) is 21.2 Å². The first-order valence-electron chi connectivity index (χ1n) is 7.97. The molecule has 2 aromatic carbocycles. The van der Waals surface area contributed by atoms with E-state index in [0.717, 1.165) is 11.0 Å². The van der Waals surface area contributed by atoms with Crippen LogP contribution < -0.4 is 5.32 Å². The number of carbonyl (C=O) groups is 2. The van der Waals surface area contributed by atoms with Crippen LogP contribution in [0.15, 0.2) is 48.5 Å². The fraction of sp³-hybridized carbons (Fsp3) is 0.211. The van der Waals surface area contributed by atoms with E-state index in [4.69, 9.17) is 0 Å². The van der Waals surface area contributed by atoms with Gasteiger partial charge in [0, 0.05) is 5.56 Å². The Balaban J connectivity index is 1.88. The third-order valence-corrected chi connectivity index (χ3v) is 4.16. The molecule has 5 nitrogen and oxygen atoms in total. The van der Waals surface area contributed by atoms with Crippen molar-refractivity contribution in [1.29, 1.82) is 0 Å². The monoisotopic (exact) mass is 339 g/mol. The fourth-order valence-corrected chi connectivity index (χ4v) is 2.70. The van der Waals surface area contributed by atoms with Crippen molar-refractivity contribution in [1.82, 2.24) is 14.9 Å². The van der Waals surface area contributed by atoms with E-state index in [1.54, 1.807) is 0 Å². The van der Waals surface area contributed by atoms with Crippen molar-refractivity contribution < 1.29 is 14.0 Å². The predicted molar refractivity (Wildman–Crippen MR) is 92.7 cm³/mol. The maximum absolute atomic E-state index is 13.0. The summed E-state index contributed by atoms with van der Waals surface area (Å²) in [7, 11) is 0. The van der Waals surface area contributed by atoms with Gasteiger partial charge in [0.25, 0.3) is 5.91 Å². The second kappa shape index (κ2) is 6.84. The number of hydrogen-bond donors (Lipinski definition) is 1. The summed E-state index contributed by atoms with van der Waals surface area (Å²) in [5.74, 6) is -0.115. The molecule has 1 amide bonds. The Morgan fingerprint density at radius 2 is 1.84 bits per heavy atom. The zero-order chi connectivity index (χ0) is 18.0. The molecule has 1 atom stereocenters. The number of nitrogens with one attached hydrogen (secondary N) is 1. The van der Waals surface area contributed by atoms with Crippen molar-refractivity contribution in [2.75, 3.05) is 0 Å². The standard InChI is InChI=1S/C19H18FN3O2/c1-12(13(2)24)23-17-6-4-3-5-16(17)22-18(23)11-21-19(25)14-7-9-15(20)10-8-14/h3-10,12H,11H2,1-2H3,(H,21,25). The second-order valence-electron chi connectivity index (χ2n) is 5.86. The van der Waals surface area contributed by atoms with Crippen molar-refractivity contribution >= 4 is 22.7 Å². The van der Waals surface area contributed by atoms with E-state index in [9.17, 15) is 14.0 Å². The van der Waals surface area contributed by atoms with Gasteiger partial charge in [-0.1, -0.05) is 12.1 Å². The van der Waals surface area contributed by atoms with E-state index < -0.39 is 5.82 Å². The van der Waals surface area contributed by atoms with Crippen molar-refractivity contribution in [3.63, 3.8) is 0 Å². The van der Waals surface area contributed by atoms with Gasteiger partial charge in [0.05, 0.1) is 23.6 Å². The van der Waals surface area contributed by atoms with Gasteiger partial charge in [-0.25, -0.2) is 9.37 Å². The summed E-state index contributed by atoms with van der Waals surface area (Å²) in [6.45, 7) is 3.50. The first-order chi connectivity index (χ1) is 12.0.